The van der Waals surface area contributed by atoms with Gasteiger partial charge in [-0.25, -0.2) is 31.9 Å². The lowest BCUT2D eigenvalue weighted by molar-refractivity contribution is 0.141. The topological polar surface area (TPSA) is 84.0 Å². The lowest BCUT2D eigenvalue weighted by Gasteiger charge is -2.12. The Bertz CT molecular complexity index is 1100. The SMILES string of the molecule is Cc1ccc(C)c(S(=O)(=O)NCCNc2nc(C(F)F)nc3ccccc23)c1. The second-order valence-electron chi connectivity index (χ2n) is 6.34. The Labute approximate surface area is 162 Å². The van der Waals surface area contributed by atoms with Crippen LogP contribution in [0.4, 0.5) is 14.6 Å². The van der Waals surface area contributed by atoms with E-state index < -0.39 is 22.3 Å². The molecule has 0 aliphatic heterocycles. The van der Waals surface area contributed by atoms with Gasteiger partial charge in [0.1, 0.15) is 5.82 Å². The van der Waals surface area contributed by atoms with Crippen molar-refractivity contribution in [2.24, 2.45) is 0 Å². The molecule has 0 atom stereocenters. The van der Waals surface area contributed by atoms with Gasteiger partial charge >= 0.3 is 0 Å². The van der Waals surface area contributed by atoms with E-state index in [0.717, 1.165) is 5.56 Å². The Morgan fingerprint density at radius 1 is 1.04 bits per heavy atom. The van der Waals surface area contributed by atoms with Crippen LogP contribution in [0.25, 0.3) is 10.9 Å². The van der Waals surface area contributed by atoms with Gasteiger partial charge in [0, 0.05) is 18.5 Å². The molecule has 0 fully saturated rings. The molecule has 0 saturated carbocycles. The van der Waals surface area contributed by atoms with E-state index in [-0.39, 0.29) is 23.8 Å². The maximum absolute atomic E-state index is 13.0. The summed E-state index contributed by atoms with van der Waals surface area (Å²) in [5.41, 5.74) is 1.89. The summed E-state index contributed by atoms with van der Waals surface area (Å²) in [5.74, 6) is -0.330. The van der Waals surface area contributed by atoms with Gasteiger partial charge in [0.15, 0.2) is 5.82 Å². The Hall–Kier alpha value is -2.65. The van der Waals surface area contributed by atoms with Gasteiger partial charge in [0.05, 0.1) is 10.4 Å². The predicted octanol–water partition coefficient (Wildman–Crippen LogP) is 3.57. The summed E-state index contributed by atoms with van der Waals surface area (Å²) in [5, 5.41) is 3.51. The fraction of sp³-hybridized carbons (Fsp3) is 0.263. The molecule has 28 heavy (non-hydrogen) atoms. The summed E-state index contributed by atoms with van der Waals surface area (Å²) in [6, 6.07) is 12.0. The summed E-state index contributed by atoms with van der Waals surface area (Å²) < 4.78 is 53.6. The Morgan fingerprint density at radius 3 is 2.54 bits per heavy atom. The van der Waals surface area contributed by atoms with E-state index in [2.05, 4.69) is 20.0 Å². The number of para-hydroxylation sites is 1. The second kappa shape index (κ2) is 8.15. The predicted molar refractivity (Wildman–Crippen MR) is 104 cm³/mol. The number of halogens is 2. The highest BCUT2D eigenvalue weighted by Gasteiger charge is 2.17. The van der Waals surface area contributed by atoms with Crippen LogP contribution in [-0.4, -0.2) is 31.5 Å². The number of hydrogen-bond donors (Lipinski definition) is 2. The van der Waals surface area contributed by atoms with Crippen molar-refractivity contribution >= 4 is 26.7 Å². The number of aromatic nitrogens is 2. The van der Waals surface area contributed by atoms with Gasteiger partial charge in [-0.15, -0.1) is 0 Å². The van der Waals surface area contributed by atoms with E-state index in [1.54, 1.807) is 43.3 Å². The van der Waals surface area contributed by atoms with Gasteiger partial charge in [0.25, 0.3) is 6.43 Å². The molecule has 2 aromatic carbocycles. The molecule has 1 aromatic heterocycles. The molecular formula is C19H20F2N4O2S. The average Bonchev–Trinajstić information content (AvgIpc) is 2.66. The normalized spacial score (nSPS) is 11.9. The molecule has 0 amide bonds. The summed E-state index contributed by atoms with van der Waals surface area (Å²) in [7, 11) is -3.67. The van der Waals surface area contributed by atoms with Crippen molar-refractivity contribution in [1.29, 1.82) is 0 Å². The van der Waals surface area contributed by atoms with Crippen molar-refractivity contribution in [2.75, 3.05) is 18.4 Å². The van der Waals surface area contributed by atoms with Gasteiger partial charge in [-0.05, 0) is 43.2 Å². The van der Waals surface area contributed by atoms with Crippen molar-refractivity contribution in [3.05, 3.63) is 59.4 Å². The summed E-state index contributed by atoms with van der Waals surface area (Å²) in [4.78, 5) is 7.94. The highest BCUT2D eigenvalue weighted by atomic mass is 32.2. The number of sulfonamides is 1. The first kappa shape index (κ1) is 20.1. The molecule has 0 aliphatic carbocycles. The van der Waals surface area contributed by atoms with E-state index in [1.165, 1.54) is 0 Å². The Kier molecular flexibility index (Phi) is 5.85. The van der Waals surface area contributed by atoms with E-state index in [9.17, 15) is 17.2 Å². The molecule has 6 nitrogen and oxygen atoms in total. The number of fused-ring (bicyclic) bond motifs is 1. The number of nitrogens with zero attached hydrogens (tertiary/aromatic N) is 2. The van der Waals surface area contributed by atoms with Gasteiger partial charge < -0.3 is 5.32 Å². The maximum atomic E-state index is 13.0. The number of anilines is 1. The van der Waals surface area contributed by atoms with Crippen LogP contribution in [0, 0.1) is 13.8 Å². The van der Waals surface area contributed by atoms with Crippen LogP contribution in [0.2, 0.25) is 0 Å². The Balaban J connectivity index is 1.72. The third-order valence-electron chi connectivity index (χ3n) is 4.16. The molecule has 0 aliphatic rings. The third-order valence-corrected chi connectivity index (χ3v) is 5.76. The zero-order valence-corrected chi connectivity index (χ0v) is 16.2. The fourth-order valence-electron chi connectivity index (χ4n) is 2.77. The molecular weight excluding hydrogens is 386 g/mol. The third kappa shape index (κ3) is 4.42. The summed E-state index contributed by atoms with van der Waals surface area (Å²) in [6.07, 6.45) is -2.80. The second-order valence-corrected chi connectivity index (χ2v) is 8.08. The van der Waals surface area contributed by atoms with Crippen LogP contribution in [0.15, 0.2) is 47.4 Å². The first-order valence-corrected chi connectivity index (χ1v) is 10.1. The van der Waals surface area contributed by atoms with Crippen molar-refractivity contribution in [1.82, 2.24) is 14.7 Å². The average molecular weight is 406 g/mol. The molecule has 9 heteroatoms. The smallest absolute Gasteiger partial charge is 0.297 e. The molecule has 0 bridgehead atoms. The van der Waals surface area contributed by atoms with Gasteiger partial charge in [-0.2, -0.15) is 0 Å². The van der Waals surface area contributed by atoms with E-state index >= 15 is 0 Å². The molecule has 3 aromatic rings. The molecule has 0 spiro atoms. The molecule has 2 N–H and O–H groups in total. The van der Waals surface area contributed by atoms with Crippen molar-refractivity contribution in [3.8, 4) is 0 Å². The monoisotopic (exact) mass is 406 g/mol. The molecule has 0 unspecified atom stereocenters. The number of aryl methyl sites for hydroxylation is 2. The molecule has 0 radical (unpaired) electrons. The Morgan fingerprint density at radius 2 is 1.79 bits per heavy atom. The molecule has 148 valence electrons. The van der Waals surface area contributed by atoms with Crippen LogP contribution in [-0.2, 0) is 10.0 Å². The molecule has 3 rings (SSSR count). The first-order chi connectivity index (χ1) is 13.3. The lowest BCUT2D eigenvalue weighted by Crippen LogP contribution is -2.29. The number of alkyl halides is 2. The van der Waals surface area contributed by atoms with Crippen LogP contribution in [0.1, 0.15) is 23.4 Å². The fourth-order valence-corrected chi connectivity index (χ4v) is 4.13. The number of hydrogen-bond acceptors (Lipinski definition) is 5. The van der Waals surface area contributed by atoms with Crippen LogP contribution < -0.4 is 10.0 Å². The number of benzene rings is 2. The number of nitrogens with one attached hydrogen (secondary N) is 2. The van der Waals surface area contributed by atoms with Gasteiger partial charge in [-0.1, -0.05) is 24.3 Å². The maximum Gasteiger partial charge on any atom is 0.297 e. The van der Waals surface area contributed by atoms with Crippen molar-refractivity contribution < 1.29 is 17.2 Å². The summed E-state index contributed by atoms with van der Waals surface area (Å²) in [6.45, 7) is 3.79. The van der Waals surface area contributed by atoms with Crippen LogP contribution in [0.3, 0.4) is 0 Å². The minimum Gasteiger partial charge on any atom is -0.368 e. The van der Waals surface area contributed by atoms with Crippen molar-refractivity contribution in [2.45, 2.75) is 25.2 Å². The zero-order chi connectivity index (χ0) is 20.3. The molecule has 1 heterocycles. The minimum atomic E-state index is -3.67. The number of rotatable bonds is 7. The largest absolute Gasteiger partial charge is 0.368 e. The molecule has 0 saturated heterocycles. The standard InChI is InChI=1S/C19H20F2N4O2S/c1-12-7-8-13(2)16(11-12)28(26,27)23-10-9-22-18-14-5-3-4-6-15(14)24-19(25-18)17(20)21/h3-8,11,17,23H,9-10H2,1-2H3,(H,22,24,25). The first-order valence-electron chi connectivity index (χ1n) is 8.63. The quantitative estimate of drug-likeness (QED) is 0.586. The van der Waals surface area contributed by atoms with Gasteiger partial charge in [0.2, 0.25) is 10.0 Å². The van der Waals surface area contributed by atoms with E-state index in [1.807, 2.05) is 13.0 Å². The van der Waals surface area contributed by atoms with Crippen LogP contribution in [0.5, 0.6) is 0 Å². The lowest BCUT2D eigenvalue weighted by atomic mass is 10.2. The van der Waals surface area contributed by atoms with Gasteiger partial charge in [-0.3, -0.25) is 0 Å². The highest BCUT2D eigenvalue weighted by Crippen LogP contribution is 2.24. The van der Waals surface area contributed by atoms with E-state index in [0.29, 0.717) is 16.5 Å². The van der Waals surface area contributed by atoms with Crippen LogP contribution >= 0.6 is 0 Å². The van der Waals surface area contributed by atoms with E-state index in [4.69, 9.17) is 0 Å². The summed E-state index contributed by atoms with van der Waals surface area (Å²) >= 11 is 0. The minimum absolute atomic E-state index is 0.0675. The zero-order valence-electron chi connectivity index (χ0n) is 15.4. The highest BCUT2D eigenvalue weighted by molar-refractivity contribution is 7.89. The van der Waals surface area contributed by atoms with Crippen molar-refractivity contribution in [3.63, 3.8) is 0 Å².